The van der Waals surface area contributed by atoms with Crippen molar-refractivity contribution in [2.75, 3.05) is 11.4 Å². The van der Waals surface area contributed by atoms with Crippen molar-refractivity contribution in [2.24, 2.45) is 0 Å². The Balaban J connectivity index is 2.09. The predicted molar refractivity (Wildman–Crippen MR) is 84.1 cm³/mol. The van der Waals surface area contributed by atoms with E-state index < -0.39 is 24.7 Å². The van der Waals surface area contributed by atoms with E-state index in [4.69, 9.17) is 9.84 Å². The standard InChI is InChI=1S/C17H17NO5/c19-15(16(20)21)11-18(14-9-5-2-6-10-14)17(22)23-12-13-7-3-1-4-8-13/h1-10,15,19H,11-12H2,(H,20,21). The molecule has 0 spiro atoms. The van der Waals surface area contributed by atoms with Crippen LogP contribution >= 0.6 is 0 Å². The number of para-hydroxylation sites is 1. The fraction of sp³-hybridized carbons (Fsp3) is 0.176. The van der Waals surface area contributed by atoms with Gasteiger partial charge in [0.1, 0.15) is 6.61 Å². The van der Waals surface area contributed by atoms with Crippen LogP contribution < -0.4 is 4.90 Å². The van der Waals surface area contributed by atoms with Gasteiger partial charge in [0, 0.05) is 5.69 Å². The molecule has 0 bridgehead atoms. The normalized spacial score (nSPS) is 11.5. The van der Waals surface area contributed by atoms with Gasteiger partial charge < -0.3 is 14.9 Å². The number of carbonyl (C=O) groups is 2. The van der Waals surface area contributed by atoms with Gasteiger partial charge in [0.15, 0.2) is 6.10 Å². The summed E-state index contributed by atoms with van der Waals surface area (Å²) in [6.07, 6.45) is -2.42. The maximum atomic E-state index is 12.3. The number of carboxylic acid groups (broad SMARTS) is 1. The maximum absolute atomic E-state index is 12.3. The van der Waals surface area contributed by atoms with Gasteiger partial charge in [-0.1, -0.05) is 48.5 Å². The first-order valence-electron chi connectivity index (χ1n) is 7.02. The highest BCUT2D eigenvalue weighted by atomic mass is 16.6. The number of nitrogens with zero attached hydrogens (tertiary/aromatic N) is 1. The Morgan fingerprint density at radius 2 is 1.57 bits per heavy atom. The van der Waals surface area contributed by atoms with Gasteiger partial charge in [-0.2, -0.15) is 0 Å². The number of benzene rings is 2. The lowest BCUT2D eigenvalue weighted by molar-refractivity contribution is -0.145. The van der Waals surface area contributed by atoms with Crippen LogP contribution in [0.1, 0.15) is 5.56 Å². The lowest BCUT2D eigenvalue weighted by Crippen LogP contribution is -2.41. The van der Waals surface area contributed by atoms with Gasteiger partial charge in [-0.15, -0.1) is 0 Å². The summed E-state index contributed by atoms with van der Waals surface area (Å²) in [5.41, 5.74) is 1.26. The van der Waals surface area contributed by atoms with Crippen molar-refractivity contribution in [3.8, 4) is 0 Å². The first-order valence-corrected chi connectivity index (χ1v) is 7.02. The van der Waals surface area contributed by atoms with Crippen LogP contribution in [0, 0.1) is 0 Å². The van der Waals surface area contributed by atoms with Gasteiger partial charge in [-0.3, -0.25) is 4.90 Å². The Morgan fingerprint density at radius 1 is 1.00 bits per heavy atom. The van der Waals surface area contributed by atoms with E-state index in [0.717, 1.165) is 10.5 Å². The van der Waals surface area contributed by atoms with E-state index >= 15 is 0 Å². The minimum Gasteiger partial charge on any atom is -0.479 e. The van der Waals surface area contributed by atoms with Crippen LogP contribution in [0.3, 0.4) is 0 Å². The molecule has 1 unspecified atom stereocenters. The van der Waals surface area contributed by atoms with E-state index in [-0.39, 0.29) is 6.61 Å². The van der Waals surface area contributed by atoms with Crippen molar-refractivity contribution in [3.05, 3.63) is 66.2 Å². The molecule has 2 rings (SSSR count). The molecule has 2 aromatic rings. The number of amides is 1. The summed E-state index contributed by atoms with van der Waals surface area (Å²) >= 11 is 0. The van der Waals surface area contributed by atoms with Crippen LogP contribution in [-0.2, 0) is 16.1 Å². The van der Waals surface area contributed by atoms with Crippen LogP contribution in [0.2, 0.25) is 0 Å². The van der Waals surface area contributed by atoms with Crippen molar-refractivity contribution in [1.82, 2.24) is 0 Å². The molecule has 120 valence electrons. The third-order valence-corrected chi connectivity index (χ3v) is 3.13. The molecule has 0 aromatic heterocycles. The van der Waals surface area contributed by atoms with E-state index in [9.17, 15) is 14.7 Å². The van der Waals surface area contributed by atoms with Crippen molar-refractivity contribution in [2.45, 2.75) is 12.7 Å². The highest BCUT2D eigenvalue weighted by Gasteiger charge is 2.24. The summed E-state index contributed by atoms with van der Waals surface area (Å²) in [6, 6.07) is 17.6. The molecule has 0 aliphatic heterocycles. The summed E-state index contributed by atoms with van der Waals surface area (Å²) in [6.45, 7) is -0.334. The zero-order valence-electron chi connectivity index (χ0n) is 12.3. The second kappa shape index (κ2) is 7.95. The van der Waals surface area contributed by atoms with Crippen molar-refractivity contribution in [1.29, 1.82) is 0 Å². The molecule has 23 heavy (non-hydrogen) atoms. The molecule has 0 fully saturated rings. The molecule has 1 amide bonds. The van der Waals surface area contributed by atoms with Gasteiger partial charge in [0.05, 0.1) is 6.54 Å². The van der Waals surface area contributed by atoms with E-state index in [1.807, 2.05) is 30.3 Å². The quantitative estimate of drug-likeness (QED) is 0.854. The van der Waals surface area contributed by atoms with Crippen molar-refractivity contribution >= 4 is 17.7 Å². The van der Waals surface area contributed by atoms with E-state index in [1.165, 1.54) is 0 Å². The number of aliphatic carboxylic acids is 1. The molecule has 0 aliphatic rings. The Morgan fingerprint density at radius 3 is 2.13 bits per heavy atom. The summed E-state index contributed by atoms with van der Waals surface area (Å²) in [5, 5.41) is 18.4. The van der Waals surface area contributed by atoms with Crippen LogP contribution in [0.25, 0.3) is 0 Å². The summed E-state index contributed by atoms with van der Waals surface area (Å²) in [5.74, 6) is -1.40. The maximum Gasteiger partial charge on any atom is 0.414 e. The predicted octanol–water partition coefficient (Wildman–Crippen LogP) is 2.28. The zero-order chi connectivity index (χ0) is 16.7. The number of aliphatic hydroxyl groups is 1. The molecule has 0 aliphatic carbocycles. The minimum atomic E-state index is -1.69. The lowest BCUT2D eigenvalue weighted by atomic mass is 10.2. The third-order valence-electron chi connectivity index (χ3n) is 3.13. The van der Waals surface area contributed by atoms with Gasteiger partial charge in [-0.05, 0) is 17.7 Å². The van der Waals surface area contributed by atoms with E-state index in [0.29, 0.717) is 5.69 Å². The molecule has 0 radical (unpaired) electrons. The second-order valence-corrected chi connectivity index (χ2v) is 4.84. The Labute approximate surface area is 133 Å². The van der Waals surface area contributed by atoms with E-state index in [2.05, 4.69) is 0 Å². The summed E-state index contributed by atoms with van der Waals surface area (Å²) in [7, 11) is 0. The molecule has 0 heterocycles. The zero-order valence-corrected chi connectivity index (χ0v) is 12.3. The molecule has 1 atom stereocenters. The fourth-order valence-corrected chi connectivity index (χ4v) is 1.94. The number of hydrogen-bond donors (Lipinski definition) is 2. The average Bonchev–Trinajstić information content (AvgIpc) is 2.59. The fourth-order valence-electron chi connectivity index (χ4n) is 1.94. The number of aliphatic hydroxyl groups excluding tert-OH is 1. The largest absolute Gasteiger partial charge is 0.479 e. The third kappa shape index (κ3) is 4.82. The van der Waals surface area contributed by atoms with Gasteiger partial charge >= 0.3 is 12.1 Å². The molecule has 0 saturated heterocycles. The lowest BCUT2D eigenvalue weighted by Gasteiger charge is -2.23. The SMILES string of the molecule is O=C(O)C(O)CN(C(=O)OCc1ccccc1)c1ccccc1. The Bertz CT molecular complexity index is 645. The number of carboxylic acids is 1. The Kier molecular flexibility index (Phi) is 5.71. The number of rotatable bonds is 6. The van der Waals surface area contributed by atoms with Gasteiger partial charge in [0.2, 0.25) is 0 Å². The monoisotopic (exact) mass is 315 g/mol. The Hall–Kier alpha value is -2.86. The molecule has 2 aromatic carbocycles. The number of anilines is 1. The topological polar surface area (TPSA) is 87.1 Å². The molecule has 0 saturated carbocycles. The first-order chi connectivity index (χ1) is 11.1. The highest BCUT2D eigenvalue weighted by molar-refractivity contribution is 5.88. The van der Waals surface area contributed by atoms with Crippen LogP contribution in [0.15, 0.2) is 60.7 Å². The average molecular weight is 315 g/mol. The molecule has 2 N–H and O–H groups in total. The molecular weight excluding hydrogens is 298 g/mol. The number of hydrogen-bond acceptors (Lipinski definition) is 4. The van der Waals surface area contributed by atoms with Crippen molar-refractivity contribution in [3.63, 3.8) is 0 Å². The second-order valence-electron chi connectivity index (χ2n) is 4.84. The number of carbonyl (C=O) groups excluding carboxylic acids is 1. The van der Waals surface area contributed by atoms with Crippen LogP contribution in [-0.4, -0.2) is 34.9 Å². The molecule has 6 heteroatoms. The van der Waals surface area contributed by atoms with Gasteiger partial charge in [0.25, 0.3) is 0 Å². The van der Waals surface area contributed by atoms with Crippen LogP contribution in [0.4, 0.5) is 10.5 Å². The van der Waals surface area contributed by atoms with Gasteiger partial charge in [-0.25, -0.2) is 9.59 Å². The number of ether oxygens (including phenoxy) is 1. The van der Waals surface area contributed by atoms with E-state index in [1.54, 1.807) is 30.3 Å². The first kappa shape index (κ1) is 16.5. The van der Waals surface area contributed by atoms with Crippen molar-refractivity contribution < 1.29 is 24.5 Å². The minimum absolute atomic E-state index is 0.0617. The van der Waals surface area contributed by atoms with Crippen LogP contribution in [0.5, 0.6) is 0 Å². The highest BCUT2D eigenvalue weighted by Crippen LogP contribution is 2.16. The molecule has 6 nitrogen and oxygen atoms in total. The smallest absolute Gasteiger partial charge is 0.414 e. The molecular formula is C17H17NO5. The summed E-state index contributed by atoms with van der Waals surface area (Å²) < 4.78 is 5.21. The summed E-state index contributed by atoms with van der Waals surface area (Å²) in [4.78, 5) is 24.2.